The number of aromatic nitrogens is 1. The second-order valence-corrected chi connectivity index (χ2v) is 1.31. The molecule has 0 fully saturated rings. The summed E-state index contributed by atoms with van der Waals surface area (Å²) in [5, 5.41) is 1.88. The average molecular weight is 121 g/mol. The predicted molar refractivity (Wildman–Crippen MR) is 28.2 cm³/mol. The molecule has 1 heterocycles. The Morgan fingerprint density at radius 3 is 2.67 bits per heavy atom. The van der Waals surface area contributed by atoms with Crippen LogP contribution in [0, 0.1) is 5.51 Å². The molecule has 0 aliphatic carbocycles. The molecule has 6 heavy (non-hydrogen) atoms. The number of rotatable bonds is 0. The Balaban J connectivity index is 0.000000250. The molecule has 3 heteroatoms. The number of nitrogens with zero attached hydrogens (tertiary/aromatic N) is 1. The Morgan fingerprint density at radius 1 is 1.67 bits per heavy atom. The lowest BCUT2D eigenvalue weighted by Crippen LogP contribution is -1.39. The molecule has 0 saturated heterocycles. The molecule has 0 atom stereocenters. The maximum absolute atomic E-state index is 3.62. The maximum Gasteiger partial charge on any atom is 0.152 e. The monoisotopic (exact) mass is 120 g/mol. The summed E-state index contributed by atoms with van der Waals surface area (Å²) in [6.45, 7) is 0. The van der Waals surface area contributed by atoms with E-state index in [0.717, 1.165) is 0 Å². The van der Waals surface area contributed by atoms with Crippen molar-refractivity contribution in [3.8, 4) is 0 Å². The van der Waals surface area contributed by atoms with Gasteiger partial charge in [-0.2, -0.15) is 0 Å². The summed E-state index contributed by atoms with van der Waals surface area (Å²) < 4.78 is 0. The topological polar surface area (TPSA) is 12.9 Å². The predicted octanol–water partition coefficient (Wildman–Crippen LogP) is 1.37. The Hall–Kier alpha value is -0.0800. The van der Waals surface area contributed by atoms with Gasteiger partial charge in [0.05, 0.1) is 0 Å². The third kappa shape index (κ3) is 1.38. The van der Waals surface area contributed by atoms with Crippen LogP contribution in [0.2, 0.25) is 0 Å². The van der Waals surface area contributed by atoms with E-state index in [1.807, 2.05) is 5.38 Å². The van der Waals surface area contributed by atoms with Crippen molar-refractivity contribution in [3.05, 3.63) is 17.1 Å². The van der Waals surface area contributed by atoms with Crippen LogP contribution in [0.4, 0.5) is 0 Å². The molecular formula is C3H3ClNS. The van der Waals surface area contributed by atoms with Gasteiger partial charge in [-0.15, -0.1) is 23.7 Å². The highest BCUT2D eigenvalue weighted by atomic mass is 35.5. The van der Waals surface area contributed by atoms with Crippen LogP contribution >= 0.6 is 23.7 Å². The summed E-state index contributed by atoms with van der Waals surface area (Å²) in [5.74, 6) is 0. The lowest BCUT2D eigenvalue weighted by atomic mass is 11.0. The summed E-state index contributed by atoms with van der Waals surface area (Å²) in [5.41, 5.74) is 2.65. The van der Waals surface area contributed by atoms with E-state index in [2.05, 4.69) is 10.5 Å². The Morgan fingerprint density at radius 2 is 2.50 bits per heavy atom. The first kappa shape index (κ1) is 5.92. The zero-order chi connectivity index (χ0) is 3.54. The van der Waals surface area contributed by atoms with Gasteiger partial charge in [0.2, 0.25) is 0 Å². The normalized spacial score (nSPS) is 6.67. The van der Waals surface area contributed by atoms with Crippen molar-refractivity contribution < 1.29 is 0 Å². The van der Waals surface area contributed by atoms with Gasteiger partial charge in [-0.1, -0.05) is 0 Å². The molecule has 0 unspecified atom stereocenters. The van der Waals surface area contributed by atoms with Crippen molar-refractivity contribution in [2.24, 2.45) is 0 Å². The van der Waals surface area contributed by atoms with Crippen molar-refractivity contribution in [1.29, 1.82) is 0 Å². The van der Waals surface area contributed by atoms with Crippen LogP contribution in [0.3, 0.4) is 0 Å². The van der Waals surface area contributed by atoms with Crippen LogP contribution in [-0.2, 0) is 0 Å². The van der Waals surface area contributed by atoms with Crippen molar-refractivity contribution >= 4 is 23.7 Å². The van der Waals surface area contributed by atoms with E-state index in [-0.39, 0.29) is 12.4 Å². The quantitative estimate of drug-likeness (QED) is 0.504. The van der Waals surface area contributed by atoms with Gasteiger partial charge in [0.15, 0.2) is 5.51 Å². The molecule has 1 radical (unpaired) electrons. The third-order valence-corrected chi connectivity index (χ3v) is 0.777. The van der Waals surface area contributed by atoms with Crippen molar-refractivity contribution in [2.45, 2.75) is 0 Å². The number of halogens is 1. The molecule has 0 amide bonds. The lowest BCUT2D eigenvalue weighted by molar-refractivity contribution is 1.41. The molecule has 0 spiro atoms. The summed E-state index contributed by atoms with van der Waals surface area (Å²) in [6.07, 6.45) is 1.71. The molecule has 0 aliphatic rings. The highest BCUT2D eigenvalue weighted by Gasteiger charge is 1.61. The SMILES string of the molecule is Cl.[c]1nccs1. The second kappa shape index (κ2) is 3.12. The fourth-order valence-electron chi connectivity index (χ4n) is 0.152. The highest BCUT2D eigenvalue weighted by Crippen LogP contribution is 1.84. The average Bonchev–Trinajstić information content (AvgIpc) is 1.76. The maximum atomic E-state index is 3.62. The number of hydrogen-bond acceptors (Lipinski definition) is 2. The van der Waals surface area contributed by atoms with E-state index in [0.29, 0.717) is 0 Å². The number of thiazole rings is 1. The standard InChI is InChI=1S/C3H2NS.ClH/c1-2-5-3-4-1;/h1-2H;1H. The van der Waals surface area contributed by atoms with E-state index in [9.17, 15) is 0 Å². The number of hydrogen-bond donors (Lipinski definition) is 0. The van der Waals surface area contributed by atoms with Gasteiger partial charge < -0.3 is 0 Å². The molecule has 1 nitrogen and oxygen atoms in total. The molecule has 0 aromatic carbocycles. The van der Waals surface area contributed by atoms with Crippen LogP contribution in [-0.4, -0.2) is 4.98 Å². The van der Waals surface area contributed by atoms with Gasteiger partial charge in [-0.25, -0.2) is 4.98 Å². The van der Waals surface area contributed by atoms with E-state index in [1.165, 1.54) is 11.3 Å². The van der Waals surface area contributed by atoms with Crippen LogP contribution < -0.4 is 0 Å². The summed E-state index contributed by atoms with van der Waals surface area (Å²) in [7, 11) is 0. The van der Waals surface area contributed by atoms with Gasteiger partial charge >= 0.3 is 0 Å². The second-order valence-electron chi connectivity index (χ2n) is 0.623. The molecule has 1 rings (SSSR count). The van der Waals surface area contributed by atoms with Gasteiger partial charge in [-0.3, -0.25) is 0 Å². The molecule has 33 valence electrons. The van der Waals surface area contributed by atoms with Crippen molar-refractivity contribution in [3.63, 3.8) is 0 Å². The largest absolute Gasteiger partial charge is 0.242 e. The first-order chi connectivity index (χ1) is 2.50. The Bertz CT molecular complexity index is 67.3. The van der Waals surface area contributed by atoms with Crippen LogP contribution in [0.1, 0.15) is 0 Å². The van der Waals surface area contributed by atoms with Gasteiger partial charge in [0, 0.05) is 11.6 Å². The molecule has 1 aromatic rings. The first-order valence-electron chi connectivity index (χ1n) is 1.25. The van der Waals surface area contributed by atoms with Crippen LogP contribution in [0.5, 0.6) is 0 Å². The lowest BCUT2D eigenvalue weighted by Gasteiger charge is -1.38. The van der Waals surface area contributed by atoms with Gasteiger partial charge in [0.1, 0.15) is 0 Å². The van der Waals surface area contributed by atoms with E-state index >= 15 is 0 Å². The molecule has 0 aliphatic heterocycles. The molecule has 1 aromatic heterocycles. The summed E-state index contributed by atoms with van der Waals surface area (Å²) in [6, 6.07) is 0. The fraction of sp³-hybridized carbons (Fsp3) is 0. The third-order valence-electron chi connectivity index (χ3n) is 0.309. The summed E-state index contributed by atoms with van der Waals surface area (Å²) in [4.78, 5) is 3.62. The smallest absolute Gasteiger partial charge is 0.152 e. The Labute approximate surface area is 46.4 Å². The minimum absolute atomic E-state index is 0. The van der Waals surface area contributed by atoms with E-state index < -0.39 is 0 Å². The Kier molecular flexibility index (Phi) is 3.08. The van der Waals surface area contributed by atoms with Gasteiger partial charge in [0.25, 0.3) is 0 Å². The minimum atomic E-state index is 0. The van der Waals surface area contributed by atoms with Crippen molar-refractivity contribution in [2.75, 3.05) is 0 Å². The first-order valence-corrected chi connectivity index (χ1v) is 2.13. The molecule has 0 bridgehead atoms. The fourth-order valence-corrected chi connectivity index (χ4v) is 0.456. The molecule has 0 saturated carbocycles. The van der Waals surface area contributed by atoms with Crippen molar-refractivity contribution in [1.82, 2.24) is 4.98 Å². The van der Waals surface area contributed by atoms with Crippen LogP contribution in [0.15, 0.2) is 11.6 Å². The zero-order valence-electron chi connectivity index (χ0n) is 2.92. The van der Waals surface area contributed by atoms with E-state index in [1.54, 1.807) is 6.20 Å². The van der Waals surface area contributed by atoms with Crippen LogP contribution in [0.25, 0.3) is 0 Å². The van der Waals surface area contributed by atoms with E-state index in [4.69, 9.17) is 0 Å². The summed E-state index contributed by atoms with van der Waals surface area (Å²) >= 11 is 1.48. The highest BCUT2D eigenvalue weighted by molar-refractivity contribution is 7.06. The van der Waals surface area contributed by atoms with Gasteiger partial charge in [-0.05, 0) is 0 Å². The minimum Gasteiger partial charge on any atom is -0.242 e. The zero-order valence-corrected chi connectivity index (χ0v) is 4.55. The molecular weight excluding hydrogens is 118 g/mol. The molecule has 0 N–H and O–H groups in total.